The van der Waals surface area contributed by atoms with Crippen molar-refractivity contribution in [2.24, 2.45) is 5.92 Å². The van der Waals surface area contributed by atoms with Crippen LogP contribution < -0.4 is 5.32 Å². The molecule has 0 aromatic carbocycles. The molecular weight excluding hydrogens is 217 g/mol. The first kappa shape index (κ1) is 13.7. The van der Waals surface area contributed by atoms with Crippen molar-refractivity contribution in [3.8, 4) is 0 Å². The van der Waals surface area contributed by atoms with Crippen molar-refractivity contribution in [1.29, 1.82) is 0 Å². The fourth-order valence-electron chi connectivity index (χ4n) is 0.743. The molecule has 1 aliphatic rings. The third kappa shape index (κ3) is 2.56. The summed E-state index contributed by atoms with van der Waals surface area (Å²) in [6.07, 6.45) is 0. The Morgan fingerprint density at radius 3 is 2.09 bits per heavy atom. The van der Waals surface area contributed by atoms with E-state index in [1.165, 1.54) is 0 Å². The van der Waals surface area contributed by atoms with E-state index in [1.807, 2.05) is 0 Å². The maximum atomic E-state index is 10.7. The quantitative estimate of drug-likeness (QED) is 0.628. The molecule has 61 valence electrons. The molecule has 4 heteroatoms. The molecule has 11 heavy (non-hydrogen) atoms. The van der Waals surface area contributed by atoms with Crippen LogP contribution in [0.1, 0.15) is 13.8 Å². The van der Waals surface area contributed by atoms with E-state index in [1.54, 1.807) is 13.8 Å². The standard InChI is InChI=1S/C6H9N2O.CH3.Y/c1-3-4(2)6(9)8-5(3)7;;/h4,7H,1-2H3,(H,8,9);1H3;/q2*-1;. The van der Waals surface area contributed by atoms with Gasteiger partial charge in [0.2, 0.25) is 0 Å². The van der Waals surface area contributed by atoms with Crippen molar-refractivity contribution in [3.05, 3.63) is 24.6 Å². The first-order valence-electron chi connectivity index (χ1n) is 2.86. The maximum absolute atomic E-state index is 10.7. The van der Waals surface area contributed by atoms with E-state index < -0.39 is 0 Å². The Morgan fingerprint density at radius 1 is 1.55 bits per heavy atom. The van der Waals surface area contributed by atoms with Crippen LogP contribution in [0.15, 0.2) is 11.4 Å². The van der Waals surface area contributed by atoms with Crippen LogP contribution >= 0.6 is 0 Å². The normalized spacial score (nSPS) is 22.0. The summed E-state index contributed by atoms with van der Waals surface area (Å²) in [7, 11) is 0. The Labute approximate surface area is 92.7 Å². The van der Waals surface area contributed by atoms with Crippen molar-refractivity contribution in [3.63, 3.8) is 0 Å². The molecule has 1 atom stereocenters. The molecule has 2 N–H and O–H groups in total. The van der Waals surface area contributed by atoms with Gasteiger partial charge in [-0.2, -0.15) is 0 Å². The molecule has 0 aromatic heterocycles. The molecule has 0 aliphatic carbocycles. The Morgan fingerprint density at radius 2 is 2.00 bits per heavy atom. The number of nitrogens with one attached hydrogen (secondary N) is 2. The monoisotopic (exact) mass is 229 g/mol. The van der Waals surface area contributed by atoms with Gasteiger partial charge < -0.3 is 18.5 Å². The summed E-state index contributed by atoms with van der Waals surface area (Å²) >= 11 is 0. The number of hydrogen-bond donors (Lipinski definition) is 1. The number of rotatable bonds is 0. The summed E-state index contributed by atoms with van der Waals surface area (Å²) in [4.78, 5) is 10.7. The molecule has 1 heterocycles. The Balaban J connectivity index is 0. The summed E-state index contributed by atoms with van der Waals surface area (Å²) < 4.78 is 0. The van der Waals surface area contributed by atoms with Crippen LogP contribution in [0.4, 0.5) is 0 Å². The number of carbonyl (C=O) groups excluding carboxylic acids is 1. The van der Waals surface area contributed by atoms with E-state index in [0.717, 1.165) is 5.57 Å². The van der Waals surface area contributed by atoms with E-state index >= 15 is 0 Å². The number of carbonyl (C=O) groups is 1. The zero-order valence-corrected chi connectivity index (χ0v) is 9.90. The summed E-state index contributed by atoms with van der Waals surface area (Å²) in [5, 5.41) is 2.42. The second-order valence-corrected chi connectivity index (χ2v) is 2.27. The van der Waals surface area contributed by atoms with Gasteiger partial charge in [-0.1, -0.05) is 18.3 Å². The average molecular weight is 229 g/mol. The zero-order chi connectivity index (χ0) is 7.02. The fraction of sp³-hybridized carbons (Fsp3) is 0.429. The van der Waals surface area contributed by atoms with E-state index in [9.17, 15) is 4.79 Å². The second kappa shape index (κ2) is 4.88. The van der Waals surface area contributed by atoms with Gasteiger partial charge in [-0.05, 0) is 6.92 Å². The largest absolute Gasteiger partial charge is 0.482 e. The SMILES string of the molecule is CC1=C([NH-])NC(=O)C1C.[CH3-].[Y]. The van der Waals surface area contributed by atoms with Gasteiger partial charge in [0.1, 0.15) is 0 Å². The van der Waals surface area contributed by atoms with Gasteiger partial charge in [0.25, 0.3) is 0 Å². The molecule has 0 spiro atoms. The van der Waals surface area contributed by atoms with Gasteiger partial charge in [0.15, 0.2) is 5.91 Å². The number of hydrogen-bond acceptors (Lipinski definition) is 1. The van der Waals surface area contributed by atoms with Crippen LogP contribution in [-0.2, 0) is 37.5 Å². The predicted molar refractivity (Wildman–Crippen MR) is 40.7 cm³/mol. The Bertz CT molecular complexity index is 189. The average Bonchev–Trinajstić information content (AvgIpc) is 1.98. The molecule has 3 nitrogen and oxygen atoms in total. The molecule has 1 radical (unpaired) electrons. The topological polar surface area (TPSA) is 52.9 Å². The minimum absolute atomic E-state index is 0. The van der Waals surface area contributed by atoms with Crippen molar-refractivity contribution >= 4 is 5.91 Å². The van der Waals surface area contributed by atoms with E-state index in [-0.39, 0.29) is 57.8 Å². The number of amides is 1. The zero-order valence-electron chi connectivity index (χ0n) is 7.06. The minimum atomic E-state index is -0.0995. The Hall–Kier alpha value is 0.114. The van der Waals surface area contributed by atoms with Crippen molar-refractivity contribution in [2.45, 2.75) is 13.8 Å². The van der Waals surface area contributed by atoms with Gasteiger partial charge in [-0.25, -0.2) is 0 Å². The van der Waals surface area contributed by atoms with Gasteiger partial charge in [0.05, 0.1) is 0 Å². The van der Waals surface area contributed by atoms with Crippen LogP contribution in [0.2, 0.25) is 0 Å². The molecule has 1 unspecified atom stereocenters. The first-order chi connectivity index (χ1) is 4.13. The van der Waals surface area contributed by atoms with Gasteiger partial charge in [-0.15, -0.1) is 0 Å². The molecule has 0 saturated heterocycles. The molecule has 1 amide bonds. The second-order valence-electron chi connectivity index (χ2n) is 2.27. The third-order valence-corrected chi connectivity index (χ3v) is 1.69. The predicted octanol–water partition coefficient (Wildman–Crippen LogP) is 1.48. The van der Waals surface area contributed by atoms with Crippen LogP contribution in [0.3, 0.4) is 0 Å². The smallest absolute Gasteiger partial charge is 0.151 e. The van der Waals surface area contributed by atoms with Crippen LogP contribution in [0.5, 0.6) is 0 Å². The third-order valence-electron chi connectivity index (χ3n) is 1.69. The van der Waals surface area contributed by atoms with Gasteiger partial charge >= 0.3 is 0 Å². The van der Waals surface area contributed by atoms with E-state index in [2.05, 4.69) is 5.32 Å². The maximum Gasteiger partial charge on any atom is 0.151 e. The summed E-state index contributed by atoms with van der Waals surface area (Å²) in [5.74, 6) is 0.113. The molecular formula is C7H12N2OY-2. The molecule has 1 aliphatic heterocycles. The summed E-state index contributed by atoms with van der Waals surface area (Å²) in [6.45, 7) is 3.59. The fourth-order valence-corrected chi connectivity index (χ4v) is 0.743. The van der Waals surface area contributed by atoms with E-state index in [4.69, 9.17) is 5.73 Å². The Kier molecular flexibility index (Phi) is 6.08. The summed E-state index contributed by atoms with van der Waals surface area (Å²) in [5.41, 5.74) is 7.98. The van der Waals surface area contributed by atoms with Gasteiger partial charge in [0, 0.05) is 38.6 Å². The van der Waals surface area contributed by atoms with Crippen molar-refractivity contribution < 1.29 is 37.5 Å². The van der Waals surface area contributed by atoms with Crippen molar-refractivity contribution in [1.82, 2.24) is 5.32 Å². The minimum Gasteiger partial charge on any atom is -0.482 e. The molecule has 0 saturated carbocycles. The van der Waals surface area contributed by atoms with Gasteiger partial charge in [-0.3, -0.25) is 4.79 Å². The van der Waals surface area contributed by atoms with Crippen LogP contribution in [0.25, 0.3) is 5.73 Å². The molecule has 0 bridgehead atoms. The van der Waals surface area contributed by atoms with Crippen LogP contribution in [-0.4, -0.2) is 5.91 Å². The van der Waals surface area contributed by atoms with Crippen molar-refractivity contribution in [2.75, 3.05) is 0 Å². The molecule has 1 rings (SSSR count). The molecule has 0 aromatic rings. The summed E-state index contributed by atoms with van der Waals surface area (Å²) in [6, 6.07) is 0. The molecule has 0 fully saturated rings. The van der Waals surface area contributed by atoms with E-state index in [0.29, 0.717) is 0 Å². The van der Waals surface area contributed by atoms with Crippen LogP contribution in [0, 0.1) is 13.3 Å². The first-order valence-corrected chi connectivity index (χ1v) is 2.86.